The Morgan fingerprint density at radius 2 is 2.44 bits per heavy atom. The number of H-pyrrole nitrogens is 1. The number of hydrazine groups is 1. The maximum atomic E-state index is 5.56. The van der Waals surface area contributed by atoms with E-state index in [1.807, 2.05) is 0 Å². The number of rotatable bonds is 3. The Hall–Kier alpha value is -1.38. The third-order valence-electron chi connectivity index (χ3n) is 2.97. The van der Waals surface area contributed by atoms with E-state index in [2.05, 4.69) is 32.5 Å². The van der Waals surface area contributed by atoms with Crippen molar-refractivity contribution < 1.29 is 4.74 Å². The number of thioether (sulfide) groups is 1. The molecule has 3 heterocycles. The van der Waals surface area contributed by atoms with Gasteiger partial charge in [0.25, 0.3) is 0 Å². The lowest BCUT2D eigenvalue weighted by atomic mass is 10.3. The molecule has 1 aliphatic heterocycles. The van der Waals surface area contributed by atoms with Gasteiger partial charge in [-0.2, -0.15) is 10.1 Å². The van der Waals surface area contributed by atoms with Crippen molar-refractivity contribution in [2.75, 3.05) is 12.0 Å². The summed E-state index contributed by atoms with van der Waals surface area (Å²) in [4.78, 5) is 8.59. The minimum absolute atomic E-state index is 0.237. The van der Waals surface area contributed by atoms with E-state index in [-0.39, 0.29) is 6.10 Å². The summed E-state index contributed by atoms with van der Waals surface area (Å²) < 4.78 is 5.56. The van der Waals surface area contributed by atoms with Crippen LogP contribution in [0.1, 0.15) is 13.3 Å². The highest BCUT2D eigenvalue weighted by Gasteiger charge is 2.26. The molecule has 2 aromatic rings. The summed E-state index contributed by atoms with van der Waals surface area (Å²) >= 11 is 1.69. The normalized spacial score (nSPS) is 23.7. The first kappa shape index (κ1) is 11.7. The van der Waals surface area contributed by atoms with E-state index in [1.165, 1.54) is 0 Å². The van der Waals surface area contributed by atoms with Crippen LogP contribution in [0.4, 0.5) is 5.95 Å². The molecule has 96 valence electrons. The molecule has 2 aromatic heterocycles. The second-order valence-corrected chi connectivity index (χ2v) is 5.38. The van der Waals surface area contributed by atoms with Crippen molar-refractivity contribution in [3.8, 4) is 0 Å². The second-order valence-electron chi connectivity index (χ2n) is 4.15. The smallest absolute Gasteiger partial charge is 0.240 e. The molecule has 0 saturated carbocycles. The number of anilines is 1. The first-order valence-corrected chi connectivity index (χ1v) is 6.62. The van der Waals surface area contributed by atoms with Crippen LogP contribution in [0.3, 0.4) is 0 Å². The fourth-order valence-corrected chi connectivity index (χ4v) is 3.16. The molecule has 0 radical (unpaired) electrons. The van der Waals surface area contributed by atoms with Gasteiger partial charge in [0.05, 0.1) is 17.7 Å². The number of aromatic nitrogens is 4. The Bertz CT molecular complexity index is 558. The molecule has 8 heteroatoms. The van der Waals surface area contributed by atoms with Gasteiger partial charge in [-0.05, 0) is 13.3 Å². The molecule has 0 aliphatic carbocycles. The van der Waals surface area contributed by atoms with Crippen molar-refractivity contribution >= 4 is 28.7 Å². The van der Waals surface area contributed by atoms with Crippen molar-refractivity contribution in [2.24, 2.45) is 5.84 Å². The lowest BCUT2D eigenvalue weighted by Crippen LogP contribution is -2.14. The van der Waals surface area contributed by atoms with Crippen molar-refractivity contribution in [2.45, 2.75) is 29.7 Å². The molecule has 1 aliphatic rings. The topological polar surface area (TPSA) is 102 Å². The molecule has 7 nitrogen and oxygen atoms in total. The van der Waals surface area contributed by atoms with Gasteiger partial charge >= 0.3 is 0 Å². The lowest BCUT2D eigenvalue weighted by Gasteiger charge is -2.13. The van der Waals surface area contributed by atoms with Crippen LogP contribution >= 0.6 is 11.8 Å². The van der Waals surface area contributed by atoms with Gasteiger partial charge in [0, 0.05) is 11.9 Å². The summed E-state index contributed by atoms with van der Waals surface area (Å²) in [6, 6.07) is 0. The summed E-state index contributed by atoms with van der Waals surface area (Å²) in [6.45, 7) is 2.89. The van der Waals surface area contributed by atoms with E-state index in [0.717, 1.165) is 23.4 Å². The molecule has 18 heavy (non-hydrogen) atoms. The van der Waals surface area contributed by atoms with Crippen molar-refractivity contribution in [3.63, 3.8) is 0 Å². The van der Waals surface area contributed by atoms with Crippen LogP contribution < -0.4 is 11.3 Å². The van der Waals surface area contributed by atoms with Crippen LogP contribution in [0.5, 0.6) is 0 Å². The number of aromatic amines is 1. The predicted octanol–water partition coefficient (Wildman–Crippen LogP) is 0.908. The van der Waals surface area contributed by atoms with Gasteiger partial charge in [0.15, 0.2) is 5.65 Å². The summed E-state index contributed by atoms with van der Waals surface area (Å²) in [5.41, 5.74) is 3.16. The molecule has 4 N–H and O–H groups in total. The molecule has 0 spiro atoms. The summed E-state index contributed by atoms with van der Waals surface area (Å²) in [5.74, 6) is 5.76. The molecule has 1 saturated heterocycles. The highest BCUT2D eigenvalue weighted by atomic mass is 32.2. The number of hydrogen-bond donors (Lipinski definition) is 3. The molecule has 2 atom stereocenters. The molecule has 0 bridgehead atoms. The zero-order valence-electron chi connectivity index (χ0n) is 9.88. The quantitative estimate of drug-likeness (QED) is 0.431. The van der Waals surface area contributed by atoms with Crippen molar-refractivity contribution in [3.05, 3.63) is 6.20 Å². The van der Waals surface area contributed by atoms with E-state index in [0.29, 0.717) is 16.8 Å². The van der Waals surface area contributed by atoms with Crippen LogP contribution in [-0.2, 0) is 4.74 Å². The van der Waals surface area contributed by atoms with Crippen LogP contribution in [-0.4, -0.2) is 38.1 Å². The Labute approximate surface area is 108 Å². The van der Waals surface area contributed by atoms with Crippen molar-refractivity contribution in [1.29, 1.82) is 0 Å². The van der Waals surface area contributed by atoms with Crippen LogP contribution in [0, 0.1) is 0 Å². The molecule has 1 fully saturated rings. The van der Waals surface area contributed by atoms with Gasteiger partial charge in [-0.15, -0.1) is 0 Å². The van der Waals surface area contributed by atoms with E-state index in [4.69, 9.17) is 10.6 Å². The average Bonchev–Trinajstić information content (AvgIpc) is 2.98. The Kier molecular flexibility index (Phi) is 3.06. The van der Waals surface area contributed by atoms with Crippen LogP contribution in [0.2, 0.25) is 0 Å². The summed E-state index contributed by atoms with van der Waals surface area (Å²) in [7, 11) is 0. The average molecular weight is 266 g/mol. The number of fused-ring (bicyclic) bond motifs is 1. The number of ether oxygens (including phenoxy) is 1. The highest BCUT2D eigenvalue weighted by Crippen LogP contribution is 2.34. The highest BCUT2D eigenvalue weighted by molar-refractivity contribution is 8.00. The molecular weight excluding hydrogens is 252 g/mol. The minimum atomic E-state index is 0.237. The van der Waals surface area contributed by atoms with Gasteiger partial charge in [-0.25, -0.2) is 10.8 Å². The third-order valence-corrected chi connectivity index (χ3v) is 4.43. The molecule has 2 unspecified atom stereocenters. The van der Waals surface area contributed by atoms with Gasteiger partial charge in [0.2, 0.25) is 5.95 Å². The zero-order valence-corrected chi connectivity index (χ0v) is 10.7. The predicted molar refractivity (Wildman–Crippen MR) is 69.2 cm³/mol. The number of nitrogens with one attached hydrogen (secondary N) is 2. The van der Waals surface area contributed by atoms with E-state index < -0.39 is 0 Å². The SMILES string of the molecule is CC1OCCC1Sc1nc(NN)nc2[nH]ncc12. The van der Waals surface area contributed by atoms with Gasteiger partial charge < -0.3 is 4.74 Å². The monoisotopic (exact) mass is 266 g/mol. The first-order chi connectivity index (χ1) is 8.78. The van der Waals surface area contributed by atoms with Gasteiger partial charge in [-0.3, -0.25) is 10.5 Å². The largest absolute Gasteiger partial charge is 0.377 e. The number of nitrogens with two attached hydrogens (primary N) is 1. The van der Waals surface area contributed by atoms with E-state index in [1.54, 1.807) is 18.0 Å². The minimum Gasteiger partial charge on any atom is -0.377 e. The number of nitrogens with zero attached hydrogens (tertiary/aromatic N) is 3. The standard InChI is InChI=1S/C10H14N6OS/c1-5-7(2-3-17-5)18-9-6-4-12-16-8(6)13-10(14-9)15-11/h4-5,7H,2-3,11H2,1H3,(H2,12,13,14,15,16). The van der Waals surface area contributed by atoms with Crippen LogP contribution in [0.15, 0.2) is 11.2 Å². The summed E-state index contributed by atoms with van der Waals surface area (Å²) in [5, 5.41) is 9.02. The Morgan fingerprint density at radius 3 is 3.17 bits per heavy atom. The first-order valence-electron chi connectivity index (χ1n) is 5.74. The summed E-state index contributed by atoms with van der Waals surface area (Å²) in [6.07, 6.45) is 3.00. The van der Waals surface area contributed by atoms with Crippen molar-refractivity contribution in [1.82, 2.24) is 20.2 Å². The zero-order chi connectivity index (χ0) is 12.5. The molecule has 3 rings (SSSR count). The maximum absolute atomic E-state index is 5.56. The maximum Gasteiger partial charge on any atom is 0.240 e. The van der Waals surface area contributed by atoms with Gasteiger partial charge in [0.1, 0.15) is 5.03 Å². The van der Waals surface area contributed by atoms with Crippen LogP contribution in [0.25, 0.3) is 11.0 Å². The molecule has 0 amide bonds. The third kappa shape index (κ3) is 2.02. The molecule has 0 aromatic carbocycles. The Balaban J connectivity index is 1.96. The van der Waals surface area contributed by atoms with E-state index >= 15 is 0 Å². The van der Waals surface area contributed by atoms with Gasteiger partial charge in [-0.1, -0.05) is 11.8 Å². The molecular formula is C10H14N6OS. The number of nitrogen functional groups attached to an aromatic ring is 1. The lowest BCUT2D eigenvalue weighted by molar-refractivity contribution is 0.127. The Morgan fingerprint density at radius 1 is 1.56 bits per heavy atom. The number of hydrogen-bond acceptors (Lipinski definition) is 7. The second kappa shape index (κ2) is 4.71. The fraction of sp³-hybridized carbons (Fsp3) is 0.500. The van der Waals surface area contributed by atoms with E-state index in [9.17, 15) is 0 Å². The fourth-order valence-electron chi connectivity index (χ4n) is 1.97.